The number of benzene rings is 3. The lowest BCUT2D eigenvalue weighted by molar-refractivity contribution is -0.137. The summed E-state index contributed by atoms with van der Waals surface area (Å²) in [4.78, 5) is 29.2. The van der Waals surface area contributed by atoms with Crippen molar-refractivity contribution in [3.05, 3.63) is 90.0 Å². The Kier molecular flexibility index (Phi) is 5.74. The minimum Gasteiger partial charge on any atom is -0.325 e. The molecule has 2 amide bonds. The van der Waals surface area contributed by atoms with Gasteiger partial charge in [-0.25, -0.2) is 0 Å². The van der Waals surface area contributed by atoms with E-state index in [9.17, 15) is 22.8 Å². The zero-order valence-electron chi connectivity index (χ0n) is 17.3. The van der Waals surface area contributed by atoms with Crippen LogP contribution in [0.3, 0.4) is 0 Å². The van der Waals surface area contributed by atoms with Crippen LogP contribution in [0.2, 0.25) is 0 Å². The number of para-hydroxylation sites is 1. The maximum absolute atomic E-state index is 13.2. The summed E-state index contributed by atoms with van der Waals surface area (Å²) in [5, 5.41) is 0. The molecule has 1 aliphatic heterocycles. The van der Waals surface area contributed by atoms with E-state index in [4.69, 9.17) is 0 Å². The number of amides is 2. The third-order valence-electron chi connectivity index (χ3n) is 5.66. The average molecular weight is 438 g/mol. The van der Waals surface area contributed by atoms with Crippen molar-refractivity contribution in [2.75, 3.05) is 18.0 Å². The van der Waals surface area contributed by atoms with Crippen LogP contribution < -0.4 is 4.90 Å². The van der Waals surface area contributed by atoms with Crippen LogP contribution >= 0.6 is 0 Å². The van der Waals surface area contributed by atoms with Crippen LogP contribution in [-0.2, 0) is 11.0 Å². The number of hydrogen-bond acceptors (Lipinski definition) is 2. The highest BCUT2D eigenvalue weighted by Gasteiger charge is 2.36. The molecular weight excluding hydrogens is 417 g/mol. The number of alkyl halides is 3. The van der Waals surface area contributed by atoms with Gasteiger partial charge >= 0.3 is 6.18 Å². The predicted octanol–water partition coefficient (Wildman–Crippen LogP) is 5.25. The van der Waals surface area contributed by atoms with E-state index in [1.54, 1.807) is 11.8 Å². The van der Waals surface area contributed by atoms with Crippen molar-refractivity contribution in [3.8, 4) is 11.1 Å². The Morgan fingerprint density at radius 2 is 1.50 bits per heavy atom. The third kappa shape index (κ3) is 4.10. The first-order chi connectivity index (χ1) is 15.3. The summed E-state index contributed by atoms with van der Waals surface area (Å²) in [6, 6.07) is 20.6. The zero-order valence-corrected chi connectivity index (χ0v) is 17.3. The molecule has 0 bridgehead atoms. The quantitative estimate of drug-likeness (QED) is 0.561. The zero-order chi connectivity index (χ0) is 22.9. The number of carbonyl (C=O) groups excluding carboxylic acids is 2. The summed E-state index contributed by atoms with van der Waals surface area (Å²) in [5.74, 6) is -0.699. The van der Waals surface area contributed by atoms with E-state index >= 15 is 0 Å². The van der Waals surface area contributed by atoms with Gasteiger partial charge in [-0.05, 0) is 42.8 Å². The molecule has 1 unspecified atom stereocenters. The summed E-state index contributed by atoms with van der Waals surface area (Å²) in [6.45, 7) is 2.21. The second-order valence-corrected chi connectivity index (χ2v) is 7.62. The Labute approximate surface area is 183 Å². The van der Waals surface area contributed by atoms with Gasteiger partial charge in [0.25, 0.3) is 5.91 Å². The van der Waals surface area contributed by atoms with Crippen molar-refractivity contribution in [3.63, 3.8) is 0 Å². The highest BCUT2D eigenvalue weighted by Crippen LogP contribution is 2.33. The first-order valence-corrected chi connectivity index (χ1v) is 10.2. The second-order valence-electron chi connectivity index (χ2n) is 7.62. The van der Waals surface area contributed by atoms with Crippen LogP contribution in [0, 0.1) is 0 Å². The highest BCUT2D eigenvalue weighted by atomic mass is 19.4. The number of hydrogen-bond donors (Lipinski definition) is 0. The summed E-state index contributed by atoms with van der Waals surface area (Å²) in [7, 11) is 0. The van der Waals surface area contributed by atoms with Crippen molar-refractivity contribution in [2.45, 2.75) is 19.1 Å². The maximum atomic E-state index is 13.2. The third-order valence-corrected chi connectivity index (χ3v) is 5.66. The Morgan fingerprint density at radius 3 is 2.16 bits per heavy atom. The monoisotopic (exact) mass is 438 g/mol. The van der Waals surface area contributed by atoms with Crippen LogP contribution in [0.5, 0.6) is 0 Å². The van der Waals surface area contributed by atoms with Crippen molar-refractivity contribution in [1.82, 2.24) is 4.90 Å². The first kappa shape index (κ1) is 21.6. The Hall–Kier alpha value is -3.61. The molecule has 0 N–H and O–H groups in total. The van der Waals surface area contributed by atoms with Gasteiger partial charge in [0.2, 0.25) is 5.91 Å². The molecular formula is C25H21F3N2O2. The molecule has 1 saturated heterocycles. The fraction of sp³-hybridized carbons (Fsp3) is 0.200. The van der Waals surface area contributed by atoms with Crippen LogP contribution in [0.1, 0.15) is 22.8 Å². The summed E-state index contributed by atoms with van der Waals surface area (Å²) >= 11 is 0. The van der Waals surface area contributed by atoms with E-state index in [0.29, 0.717) is 6.54 Å². The molecule has 0 radical (unpaired) electrons. The highest BCUT2D eigenvalue weighted by molar-refractivity contribution is 6.05. The summed E-state index contributed by atoms with van der Waals surface area (Å²) < 4.78 is 38.4. The fourth-order valence-corrected chi connectivity index (χ4v) is 3.93. The van der Waals surface area contributed by atoms with Crippen molar-refractivity contribution in [1.29, 1.82) is 0 Å². The average Bonchev–Trinajstić information content (AvgIpc) is 2.80. The minimum absolute atomic E-state index is 0.121. The topological polar surface area (TPSA) is 40.6 Å². The molecule has 4 rings (SSSR count). The molecule has 1 heterocycles. The molecule has 3 aromatic rings. The SMILES string of the molecule is CC1C(=O)N(c2ccccc2-c2ccccc2)CCN1C(=O)c1ccc(C(F)(F)F)cc1. The normalized spacial score (nSPS) is 16.9. The Balaban J connectivity index is 1.56. The molecule has 3 aromatic carbocycles. The number of rotatable bonds is 3. The number of carbonyl (C=O) groups is 2. The molecule has 0 spiro atoms. The molecule has 0 aliphatic carbocycles. The van der Waals surface area contributed by atoms with Gasteiger partial charge in [0.05, 0.1) is 11.3 Å². The van der Waals surface area contributed by atoms with Gasteiger partial charge in [-0.3, -0.25) is 9.59 Å². The van der Waals surface area contributed by atoms with E-state index < -0.39 is 23.7 Å². The van der Waals surface area contributed by atoms with Crippen molar-refractivity contribution < 1.29 is 22.8 Å². The molecule has 4 nitrogen and oxygen atoms in total. The molecule has 164 valence electrons. The van der Waals surface area contributed by atoms with E-state index in [1.165, 1.54) is 4.90 Å². The van der Waals surface area contributed by atoms with Crippen LogP contribution in [-0.4, -0.2) is 35.8 Å². The molecule has 0 saturated carbocycles. The van der Waals surface area contributed by atoms with E-state index in [-0.39, 0.29) is 18.0 Å². The van der Waals surface area contributed by atoms with Gasteiger partial charge in [-0.15, -0.1) is 0 Å². The van der Waals surface area contributed by atoms with E-state index in [2.05, 4.69) is 0 Å². The van der Waals surface area contributed by atoms with Gasteiger partial charge < -0.3 is 9.80 Å². The minimum atomic E-state index is -4.47. The van der Waals surface area contributed by atoms with Crippen LogP contribution in [0.4, 0.5) is 18.9 Å². The van der Waals surface area contributed by atoms with Crippen LogP contribution in [0.25, 0.3) is 11.1 Å². The van der Waals surface area contributed by atoms with Gasteiger partial charge in [-0.2, -0.15) is 13.2 Å². The number of nitrogens with zero attached hydrogens (tertiary/aromatic N) is 2. The van der Waals surface area contributed by atoms with Gasteiger partial charge in [-0.1, -0.05) is 48.5 Å². The Morgan fingerprint density at radius 1 is 0.875 bits per heavy atom. The summed E-state index contributed by atoms with van der Waals surface area (Å²) in [6.07, 6.45) is -4.47. The second kappa shape index (κ2) is 8.49. The number of anilines is 1. The van der Waals surface area contributed by atoms with Crippen molar-refractivity contribution in [2.24, 2.45) is 0 Å². The van der Waals surface area contributed by atoms with Gasteiger partial charge in [0.15, 0.2) is 0 Å². The largest absolute Gasteiger partial charge is 0.416 e. The number of halogens is 3. The lowest BCUT2D eigenvalue weighted by Crippen LogP contribution is -2.57. The van der Waals surface area contributed by atoms with Crippen molar-refractivity contribution >= 4 is 17.5 Å². The molecule has 1 fully saturated rings. The van der Waals surface area contributed by atoms with E-state index in [1.807, 2.05) is 54.6 Å². The standard InChI is InChI=1S/C25H21F3N2O2/c1-17-23(31)30(22-10-6-5-9-21(22)18-7-3-2-4-8-18)16-15-29(17)24(32)19-11-13-20(14-12-19)25(26,27)28/h2-14,17H,15-16H2,1H3. The summed E-state index contributed by atoms with van der Waals surface area (Å²) in [5.41, 5.74) is 1.96. The predicted molar refractivity (Wildman–Crippen MR) is 116 cm³/mol. The van der Waals surface area contributed by atoms with Gasteiger partial charge in [0.1, 0.15) is 6.04 Å². The molecule has 1 aliphatic rings. The van der Waals surface area contributed by atoms with Gasteiger partial charge in [0, 0.05) is 24.2 Å². The molecule has 1 atom stereocenters. The number of piperazine rings is 1. The Bertz CT molecular complexity index is 1130. The smallest absolute Gasteiger partial charge is 0.325 e. The first-order valence-electron chi connectivity index (χ1n) is 10.2. The lowest BCUT2D eigenvalue weighted by atomic mass is 10.0. The fourth-order valence-electron chi connectivity index (χ4n) is 3.93. The lowest BCUT2D eigenvalue weighted by Gasteiger charge is -2.39. The molecule has 32 heavy (non-hydrogen) atoms. The molecule has 0 aromatic heterocycles. The van der Waals surface area contributed by atoms with Crippen LogP contribution in [0.15, 0.2) is 78.9 Å². The van der Waals surface area contributed by atoms with E-state index in [0.717, 1.165) is 41.1 Å². The molecule has 7 heteroatoms. The maximum Gasteiger partial charge on any atom is 0.416 e.